The van der Waals surface area contributed by atoms with E-state index in [1.165, 1.54) is 6.08 Å². The Bertz CT molecular complexity index is 593. The van der Waals surface area contributed by atoms with E-state index in [1.54, 1.807) is 36.7 Å². The molecule has 1 unspecified atom stereocenters. The van der Waals surface area contributed by atoms with Crippen LogP contribution in [-0.4, -0.2) is 16.3 Å². The molecule has 0 spiro atoms. The van der Waals surface area contributed by atoms with Crippen molar-refractivity contribution < 1.29 is 9.52 Å². The molecule has 0 aromatic carbocycles. The van der Waals surface area contributed by atoms with Gasteiger partial charge in [-0.25, -0.2) is 4.79 Å². The second kappa shape index (κ2) is 5.29. The molecule has 2 heterocycles. The van der Waals surface area contributed by atoms with Crippen molar-refractivity contribution in [3.05, 3.63) is 59.7 Å². The van der Waals surface area contributed by atoms with E-state index < -0.39 is 11.9 Å². The van der Waals surface area contributed by atoms with Crippen LogP contribution >= 0.6 is 0 Å². The van der Waals surface area contributed by atoms with E-state index in [2.05, 4.69) is 16.9 Å². The predicted molar refractivity (Wildman–Crippen MR) is 68.0 cm³/mol. The zero-order valence-corrected chi connectivity index (χ0v) is 9.54. The van der Waals surface area contributed by atoms with Gasteiger partial charge in [0.15, 0.2) is 0 Å². The fraction of sp³-hybridized carbons (Fsp3) is 0.0769. The molecule has 92 valence electrons. The minimum atomic E-state index is -0.989. The number of pyridine rings is 1. The third-order valence-corrected chi connectivity index (χ3v) is 2.30. The normalized spacial score (nSPS) is 11.8. The summed E-state index contributed by atoms with van der Waals surface area (Å²) in [6.07, 6.45) is 3.52. The molecule has 0 amide bonds. The largest absolute Gasteiger partial charge is 0.421 e. The molecule has 0 aliphatic carbocycles. The zero-order valence-electron chi connectivity index (χ0n) is 9.54. The summed E-state index contributed by atoms with van der Waals surface area (Å²) < 4.78 is 5.14. The Balaban J connectivity index is 2.31. The predicted octanol–water partition coefficient (Wildman–Crippen LogP) is 1.62. The fourth-order valence-corrected chi connectivity index (χ4v) is 1.40. The molecule has 0 aliphatic heterocycles. The van der Waals surface area contributed by atoms with Gasteiger partial charge in [0.1, 0.15) is 17.7 Å². The Morgan fingerprint density at radius 1 is 1.44 bits per heavy atom. The Morgan fingerprint density at radius 2 is 2.28 bits per heavy atom. The molecule has 0 fully saturated rings. The van der Waals surface area contributed by atoms with Gasteiger partial charge in [-0.3, -0.25) is 4.98 Å². The molecule has 18 heavy (non-hydrogen) atoms. The van der Waals surface area contributed by atoms with Crippen molar-refractivity contribution in [3.8, 4) is 11.3 Å². The molecule has 0 radical (unpaired) electrons. The van der Waals surface area contributed by atoms with Crippen molar-refractivity contribution in [2.45, 2.75) is 6.23 Å². The van der Waals surface area contributed by atoms with Gasteiger partial charge in [0.2, 0.25) is 0 Å². The van der Waals surface area contributed by atoms with Crippen LogP contribution in [0.5, 0.6) is 0 Å². The summed E-state index contributed by atoms with van der Waals surface area (Å²) in [5.41, 5.74) is 0.331. The number of aromatic nitrogens is 1. The number of rotatable bonds is 4. The van der Waals surface area contributed by atoms with Crippen LogP contribution in [0.15, 0.2) is 58.5 Å². The molecular formula is C13H12N2O3. The molecule has 0 bridgehead atoms. The lowest BCUT2D eigenvalue weighted by atomic mass is 10.2. The quantitative estimate of drug-likeness (QED) is 0.631. The highest BCUT2D eigenvalue weighted by molar-refractivity contribution is 5.57. The van der Waals surface area contributed by atoms with Crippen LogP contribution in [0.2, 0.25) is 0 Å². The second-order valence-electron chi connectivity index (χ2n) is 3.57. The topological polar surface area (TPSA) is 75.4 Å². The van der Waals surface area contributed by atoms with E-state index in [1.807, 2.05) is 0 Å². The first-order chi connectivity index (χ1) is 8.70. The molecule has 5 nitrogen and oxygen atoms in total. The van der Waals surface area contributed by atoms with E-state index in [9.17, 15) is 9.90 Å². The van der Waals surface area contributed by atoms with Crippen molar-refractivity contribution in [1.82, 2.24) is 4.98 Å². The molecule has 2 rings (SSSR count). The third kappa shape index (κ3) is 2.64. The number of nitrogens with zero attached hydrogens (tertiary/aromatic N) is 1. The lowest BCUT2D eigenvalue weighted by Gasteiger charge is -2.08. The highest BCUT2D eigenvalue weighted by Crippen LogP contribution is 2.17. The van der Waals surface area contributed by atoms with Gasteiger partial charge in [-0.15, -0.1) is 0 Å². The van der Waals surface area contributed by atoms with Gasteiger partial charge in [-0.1, -0.05) is 6.58 Å². The minimum Gasteiger partial charge on any atom is -0.421 e. The molecule has 5 heteroatoms. The van der Waals surface area contributed by atoms with Crippen molar-refractivity contribution in [1.29, 1.82) is 0 Å². The molecule has 1 atom stereocenters. The summed E-state index contributed by atoms with van der Waals surface area (Å²) in [4.78, 5) is 15.6. The molecule has 0 saturated carbocycles. The first-order valence-electron chi connectivity index (χ1n) is 5.32. The average molecular weight is 244 g/mol. The van der Waals surface area contributed by atoms with Gasteiger partial charge in [0.25, 0.3) is 0 Å². The molecule has 2 aromatic heterocycles. The first-order valence-corrected chi connectivity index (χ1v) is 5.32. The van der Waals surface area contributed by atoms with Crippen molar-refractivity contribution in [2.24, 2.45) is 0 Å². The van der Waals surface area contributed by atoms with Crippen LogP contribution in [0.1, 0.15) is 0 Å². The fourth-order valence-electron chi connectivity index (χ4n) is 1.40. The molecule has 2 aromatic rings. The zero-order chi connectivity index (χ0) is 13.0. The monoisotopic (exact) mass is 244 g/mol. The molecular weight excluding hydrogens is 232 g/mol. The summed E-state index contributed by atoms with van der Waals surface area (Å²) in [7, 11) is 0. The Hall–Kier alpha value is -2.40. The van der Waals surface area contributed by atoms with E-state index in [0.717, 1.165) is 0 Å². The van der Waals surface area contributed by atoms with Crippen LogP contribution in [0.4, 0.5) is 5.69 Å². The number of hydrogen-bond acceptors (Lipinski definition) is 5. The maximum Gasteiger partial charge on any atom is 0.359 e. The van der Waals surface area contributed by atoms with Crippen molar-refractivity contribution in [3.63, 3.8) is 0 Å². The minimum absolute atomic E-state index is 0.176. The number of hydrogen-bond donors (Lipinski definition) is 2. The van der Waals surface area contributed by atoms with Gasteiger partial charge in [0, 0.05) is 18.0 Å². The first kappa shape index (κ1) is 12.1. The lowest BCUT2D eigenvalue weighted by molar-refractivity contribution is 0.252. The maximum absolute atomic E-state index is 11.7. The smallest absolute Gasteiger partial charge is 0.359 e. The van der Waals surface area contributed by atoms with Gasteiger partial charge in [0.05, 0.1) is 0 Å². The summed E-state index contributed by atoms with van der Waals surface area (Å²) in [5.74, 6) is 0.423. The van der Waals surface area contributed by atoms with Crippen LogP contribution < -0.4 is 10.9 Å². The van der Waals surface area contributed by atoms with E-state index in [0.29, 0.717) is 11.3 Å². The summed E-state index contributed by atoms with van der Waals surface area (Å²) >= 11 is 0. The maximum atomic E-state index is 11.7. The van der Waals surface area contributed by atoms with Crippen LogP contribution in [-0.2, 0) is 0 Å². The van der Waals surface area contributed by atoms with Gasteiger partial charge in [-0.05, 0) is 30.3 Å². The highest BCUT2D eigenvalue weighted by Gasteiger charge is 2.07. The summed E-state index contributed by atoms with van der Waals surface area (Å²) in [6.45, 7) is 3.40. The van der Waals surface area contributed by atoms with E-state index in [4.69, 9.17) is 4.42 Å². The average Bonchev–Trinajstić information content (AvgIpc) is 2.42. The second-order valence-corrected chi connectivity index (χ2v) is 3.57. The summed E-state index contributed by atoms with van der Waals surface area (Å²) in [5, 5.41) is 11.9. The lowest BCUT2D eigenvalue weighted by Crippen LogP contribution is -2.20. The van der Waals surface area contributed by atoms with Crippen molar-refractivity contribution in [2.75, 3.05) is 5.32 Å². The van der Waals surface area contributed by atoms with Gasteiger partial charge in [-0.2, -0.15) is 0 Å². The molecule has 0 saturated heterocycles. The van der Waals surface area contributed by atoms with E-state index >= 15 is 0 Å². The third-order valence-electron chi connectivity index (χ3n) is 2.30. The number of anilines is 1. The van der Waals surface area contributed by atoms with E-state index in [-0.39, 0.29) is 5.69 Å². The number of nitrogens with one attached hydrogen (secondary N) is 1. The molecule has 0 aliphatic rings. The standard InChI is InChI=1S/C13H12N2O3/c1-2-12(16)15-10-5-6-11(18-13(10)17)9-4-3-7-14-8-9/h2-8,12,15-16H,1H2. The molecule has 2 N–H and O–H groups in total. The van der Waals surface area contributed by atoms with Crippen LogP contribution in [0.3, 0.4) is 0 Å². The Morgan fingerprint density at radius 3 is 2.89 bits per heavy atom. The van der Waals surface area contributed by atoms with Gasteiger partial charge >= 0.3 is 5.63 Å². The SMILES string of the molecule is C=CC(O)Nc1ccc(-c2cccnc2)oc1=O. The van der Waals surface area contributed by atoms with Crippen LogP contribution in [0, 0.1) is 0 Å². The van der Waals surface area contributed by atoms with Crippen LogP contribution in [0.25, 0.3) is 11.3 Å². The van der Waals surface area contributed by atoms with Crippen molar-refractivity contribution >= 4 is 5.69 Å². The highest BCUT2D eigenvalue weighted by atomic mass is 16.4. The Kier molecular flexibility index (Phi) is 3.54. The Labute approximate surface area is 103 Å². The van der Waals surface area contributed by atoms with Gasteiger partial charge < -0.3 is 14.8 Å². The summed E-state index contributed by atoms with van der Waals surface area (Å²) in [6, 6.07) is 6.72. The number of aliphatic hydroxyl groups is 1. The number of aliphatic hydroxyl groups excluding tert-OH is 1.